The number of alkyl halides is 3. The second kappa shape index (κ2) is 10.9. The first-order valence-corrected chi connectivity index (χ1v) is 10.1. The van der Waals surface area contributed by atoms with E-state index in [4.69, 9.17) is 9.94 Å². The van der Waals surface area contributed by atoms with Gasteiger partial charge in [-0.05, 0) is 41.0 Å². The Morgan fingerprint density at radius 3 is 2.44 bits per heavy atom. The van der Waals surface area contributed by atoms with E-state index in [0.29, 0.717) is 35.2 Å². The third kappa shape index (κ3) is 5.98. The minimum atomic E-state index is -4.54. The molecule has 7 nitrogen and oxygen atoms in total. The number of hydrogen-bond acceptors (Lipinski definition) is 6. The molecule has 0 aliphatic carbocycles. The Labute approximate surface area is 193 Å². The zero-order chi connectivity index (χ0) is 24.7. The van der Waals surface area contributed by atoms with E-state index in [9.17, 15) is 18.0 Å². The minimum Gasteiger partial charge on any atom is -0.380 e. The van der Waals surface area contributed by atoms with Gasteiger partial charge in [-0.3, -0.25) is 4.79 Å². The van der Waals surface area contributed by atoms with Crippen LogP contribution in [0.15, 0.2) is 60.7 Å². The molecule has 3 aromatic carbocycles. The molecular weight excluding hydrogens is 449 g/mol. The van der Waals surface area contributed by atoms with Crippen molar-refractivity contribution in [1.29, 1.82) is 0 Å². The number of methoxy groups -OCH3 is 1. The number of fused-ring (bicyclic) bond motifs is 1. The van der Waals surface area contributed by atoms with E-state index in [2.05, 4.69) is 15.3 Å². The number of hydroxylamine groups is 1. The van der Waals surface area contributed by atoms with Gasteiger partial charge >= 0.3 is 6.18 Å². The Balaban J connectivity index is 0.00000103. The summed E-state index contributed by atoms with van der Waals surface area (Å²) in [4.78, 5) is 18.2. The SMILES string of the molecule is CNO.COCc1ccc(-c2cc3nc(Nc4cccc(C=O)c4)[nH]c3cc2C(F)(F)F)cc1. The molecule has 34 heavy (non-hydrogen) atoms. The molecule has 1 heterocycles. The van der Waals surface area contributed by atoms with Gasteiger partial charge in [-0.15, -0.1) is 0 Å². The predicted molar refractivity (Wildman–Crippen MR) is 123 cm³/mol. The Bertz CT molecular complexity index is 1250. The van der Waals surface area contributed by atoms with Gasteiger partial charge in [-0.1, -0.05) is 36.4 Å². The number of H-pyrrole nitrogens is 1. The van der Waals surface area contributed by atoms with Crippen molar-refractivity contribution in [1.82, 2.24) is 15.4 Å². The minimum absolute atomic E-state index is 0.0463. The van der Waals surface area contributed by atoms with E-state index in [1.165, 1.54) is 13.1 Å². The first kappa shape index (κ1) is 24.9. The molecule has 1 aromatic heterocycles. The van der Waals surface area contributed by atoms with Crippen molar-refractivity contribution in [2.75, 3.05) is 19.5 Å². The van der Waals surface area contributed by atoms with Crippen LogP contribution in [0.5, 0.6) is 0 Å². The summed E-state index contributed by atoms with van der Waals surface area (Å²) in [5, 5.41) is 10.3. The van der Waals surface area contributed by atoms with Crippen molar-refractivity contribution in [3.63, 3.8) is 0 Å². The van der Waals surface area contributed by atoms with Crippen LogP contribution >= 0.6 is 0 Å². The number of rotatable bonds is 6. The highest BCUT2D eigenvalue weighted by molar-refractivity contribution is 5.87. The molecule has 0 spiro atoms. The van der Waals surface area contributed by atoms with E-state index in [-0.39, 0.29) is 17.0 Å². The van der Waals surface area contributed by atoms with Crippen LogP contribution in [-0.2, 0) is 17.5 Å². The number of nitrogens with zero attached hydrogens (tertiary/aromatic N) is 1. The van der Waals surface area contributed by atoms with Crippen LogP contribution in [0, 0.1) is 0 Å². The number of anilines is 2. The lowest BCUT2D eigenvalue weighted by Crippen LogP contribution is -2.07. The fourth-order valence-corrected chi connectivity index (χ4v) is 3.36. The van der Waals surface area contributed by atoms with Gasteiger partial charge < -0.3 is 20.2 Å². The third-order valence-corrected chi connectivity index (χ3v) is 4.79. The van der Waals surface area contributed by atoms with Gasteiger partial charge in [0, 0.05) is 25.4 Å². The molecule has 0 unspecified atom stereocenters. The molecule has 0 bridgehead atoms. The Morgan fingerprint density at radius 2 is 1.82 bits per heavy atom. The highest BCUT2D eigenvalue weighted by Gasteiger charge is 2.34. The molecule has 0 aliphatic heterocycles. The van der Waals surface area contributed by atoms with Gasteiger partial charge in [0.2, 0.25) is 5.95 Å². The average Bonchev–Trinajstić information content (AvgIpc) is 3.20. The van der Waals surface area contributed by atoms with Crippen LogP contribution in [0.2, 0.25) is 0 Å². The van der Waals surface area contributed by atoms with Crippen LogP contribution in [0.1, 0.15) is 21.5 Å². The highest BCUT2D eigenvalue weighted by atomic mass is 19.4. The molecule has 0 fully saturated rings. The molecule has 4 N–H and O–H groups in total. The fraction of sp³-hybridized carbons (Fsp3) is 0.167. The molecule has 0 atom stereocenters. The van der Waals surface area contributed by atoms with Gasteiger partial charge in [0.25, 0.3) is 0 Å². The number of benzene rings is 3. The van der Waals surface area contributed by atoms with E-state index in [1.807, 2.05) is 0 Å². The number of halogens is 3. The van der Waals surface area contributed by atoms with Gasteiger partial charge in [0.05, 0.1) is 23.2 Å². The molecule has 0 saturated carbocycles. The molecule has 10 heteroatoms. The molecule has 4 aromatic rings. The van der Waals surface area contributed by atoms with Crippen LogP contribution in [-0.4, -0.2) is 35.6 Å². The predicted octanol–water partition coefficient (Wildman–Crippen LogP) is 5.55. The number of carbonyl (C=O) groups is 1. The van der Waals surface area contributed by atoms with Crippen LogP contribution < -0.4 is 10.8 Å². The first-order valence-electron chi connectivity index (χ1n) is 10.1. The van der Waals surface area contributed by atoms with Gasteiger partial charge in [0.1, 0.15) is 6.29 Å². The number of nitrogens with one attached hydrogen (secondary N) is 3. The summed E-state index contributed by atoms with van der Waals surface area (Å²) >= 11 is 0. The second-order valence-electron chi connectivity index (χ2n) is 7.22. The first-order chi connectivity index (χ1) is 16.3. The van der Waals surface area contributed by atoms with E-state index < -0.39 is 11.7 Å². The number of imidazole rings is 1. The lowest BCUT2D eigenvalue weighted by atomic mass is 9.97. The molecule has 0 aliphatic rings. The Hall–Kier alpha value is -3.73. The van der Waals surface area contributed by atoms with Crippen molar-refractivity contribution >= 4 is 29.0 Å². The number of aldehydes is 1. The fourth-order valence-electron chi connectivity index (χ4n) is 3.36. The Kier molecular flexibility index (Phi) is 8.00. The van der Waals surface area contributed by atoms with Crippen molar-refractivity contribution in [3.8, 4) is 11.1 Å². The van der Waals surface area contributed by atoms with Crippen molar-refractivity contribution in [2.45, 2.75) is 12.8 Å². The summed E-state index contributed by atoms with van der Waals surface area (Å²) in [6, 6.07) is 15.9. The van der Waals surface area contributed by atoms with Gasteiger partial charge in [0.15, 0.2) is 0 Å². The van der Waals surface area contributed by atoms with Crippen molar-refractivity contribution in [3.05, 3.63) is 77.4 Å². The number of hydrogen-bond donors (Lipinski definition) is 4. The van der Waals surface area contributed by atoms with Crippen LogP contribution in [0.25, 0.3) is 22.2 Å². The zero-order valence-corrected chi connectivity index (χ0v) is 18.4. The van der Waals surface area contributed by atoms with Crippen molar-refractivity contribution < 1.29 is 27.9 Å². The van der Waals surface area contributed by atoms with Crippen LogP contribution in [0.4, 0.5) is 24.8 Å². The Morgan fingerprint density at radius 1 is 1.12 bits per heavy atom. The molecule has 178 valence electrons. The quantitative estimate of drug-likeness (QED) is 0.217. The topological polar surface area (TPSA) is 99.3 Å². The maximum Gasteiger partial charge on any atom is 0.417 e. The van der Waals surface area contributed by atoms with E-state index >= 15 is 0 Å². The maximum atomic E-state index is 13.8. The number of aromatic amines is 1. The molecular formula is C24H23F3N4O3. The average molecular weight is 472 g/mol. The third-order valence-electron chi connectivity index (χ3n) is 4.79. The van der Waals surface area contributed by atoms with Gasteiger partial charge in [-0.25, -0.2) is 10.5 Å². The molecule has 0 radical (unpaired) electrons. The summed E-state index contributed by atoms with van der Waals surface area (Å²) in [5.74, 6) is 0.277. The lowest BCUT2D eigenvalue weighted by Gasteiger charge is -2.13. The second-order valence-corrected chi connectivity index (χ2v) is 7.22. The maximum absolute atomic E-state index is 13.8. The summed E-state index contributed by atoms with van der Waals surface area (Å²) in [6.07, 6.45) is -3.82. The smallest absolute Gasteiger partial charge is 0.380 e. The largest absolute Gasteiger partial charge is 0.417 e. The van der Waals surface area contributed by atoms with E-state index in [0.717, 1.165) is 11.6 Å². The zero-order valence-electron chi connectivity index (χ0n) is 18.4. The van der Waals surface area contributed by atoms with E-state index in [1.54, 1.807) is 61.1 Å². The molecule has 0 amide bonds. The molecule has 4 rings (SSSR count). The number of carbonyl (C=O) groups excluding carboxylic acids is 1. The monoisotopic (exact) mass is 472 g/mol. The normalized spacial score (nSPS) is 11.1. The summed E-state index contributed by atoms with van der Waals surface area (Å²) in [7, 11) is 2.99. The highest BCUT2D eigenvalue weighted by Crippen LogP contribution is 2.39. The summed E-state index contributed by atoms with van der Waals surface area (Å²) in [5.41, 5.74) is 4.05. The van der Waals surface area contributed by atoms with Crippen LogP contribution in [0.3, 0.4) is 0 Å². The molecule has 0 saturated heterocycles. The summed E-state index contributed by atoms with van der Waals surface area (Å²) in [6.45, 7) is 0.380. The van der Waals surface area contributed by atoms with Gasteiger partial charge in [-0.2, -0.15) is 13.2 Å². The summed E-state index contributed by atoms with van der Waals surface area (Å²) < 4.78 is 46.4. The number of aromatic nitrogens is 2. The number of ether oxygens (including phenoxy) is 1. The standard InChI is InChI=1S/C23H18F3N3O2.CH5NO/c1-31-13-14-5-7-16(8-6-14)18-10-20-21(11-19(18)23(24,25)26)29-22(28-20)27-17-4-2-3-15(9-17)12-30;1-2-3/h2-12H,13H2,1H3,(H2,27,28,29);2-3H,1H3. The van der Waals surface area contributed by atoms with Crippen molar-refractivity contribution in [2.24, 2.45) is 0 Å². The lowest BCUT2D eigenvalue weighted by molar-refractivity contribution is -0.137.